The van der Waals surface area contributed by atoms with Crippen LogP contribution in [0.3, 0.4) is 0 Å². The molecule has 2 aliphatic rings. The Morgan fingerprint density at radius 3 is 2.30 bits per heavy atom. The fourth-order valence-electron chi connectivity index (χ4n) is 4.06. The zero-order chi connectivity index (χ0) is 14.8. The van der Waals surface area contributed by atoms with E-state index in [0.717, 1.165) is 32.4 Å². The normalized spacial score (nSPS) is 34.0. The molecule has 3 unspecified atom stereocenters. The molecule has 3 nitrogen and oxygen atoms in total. The summed E-state index contributed by atoms with van der Waals surface area (Å²) >= 11 is 0. The molecule has 20 heavy (non-hydrogen) atoms. The van der Waals surface area contributed by atoms with Gasteiger partial charge in [0.15, 0.2) is 0 Å². The van der Waals surface area contributed by atoms with Crippen molar-refractivity contribution in [2.75, 3.05) is 13.1 Å². The van der Waals surface area contributed by atoms with E-state index in [-0.39, 0.29) is 5.92 Å². The second-order valence-electron chi connectivity index (χ2n) is 7.18. The summed E-state index contributed by atoms with van der Waals surface area (Å²) in [7, 11) is 0. The lowest BCUT2D eigenvalue weighted by Crippen LogP contribution is -2.47. The third-order valence-corrected chi connectivity index (χ3v) is 6.22. The summed E-state index contributed by atoms with van der Waals surface area (Å²) in [6, 6.07) is 0.299. The second-order valence-corrected chi connectivity index (χ2v) is 7.18. The predicted octanol–water partition coefficient (Wildman–Crippen LogP) is 3.18. The first-order valence-electron chi connectivity index (χ1n) is 8.55. The van der Waals surface area contributed by atoms with Crippen LogP contribution in [0, 0.1) is 17.3 Å². The lowest BCUT2D eigenvalue weighted by Gasteiger charge is -2.43. The molecule has 0 aromatic rings. The van der Waals surface area contributed by atoms with Crippen LogP contribution in [0.2, 0.25) is 0 Å². The summed E-state index contributed by atoms with van der Waals surface area (Å²) < 4.78 is 0. The number of likely N-dealkylation sites (tertiary alicyclic amines) is 1. The first kappa shape index (κ1) is 15.8. The molecule has 2 N–H and O–H groups in total. The standard InChI is InChI=1S/C17H32N2O/c1-4-17(5-2)8-10-19(11-9-17)16(20)14-6-7-15(18)13(3)12-14/h13-15H,4-12,18H2,1-3H3. The van der Waals surface area contributed by atoms with Crippen LogP contribution in [-0.4, -0.2) is 29.9 Å². The predicted molar refractivity (Wildman–Crippen MR) is 83.3 cm³/mol. The van der Waals surface area contributed by atoms with Crippen molar-refractivity contribution in [1.82, 2.24) is 4.90 Å². The van der Waals surface area contributed by atoms with Crippen molar-refractivity contribution >= 4 is 5.91 Å². The highest BCUT2D eigenvalue weighted by atomic mass is 16.2. The van der Waals surface area contributed by atoms with Crippen molar-refractivity contribution in [3.8, 4) is 0 Å². The quantitative estimate of drug-likeness (QED) is 0.863. The van der Waals surface area contributed by atoms with E-state index in [1.54, 1.807) is 0 Å². The van der Waals surface area contributed by atoms with Crippen LogP contribution in [0.5, 0.6) is 0 Å². The topological polar surface area (TPSA) is 46.3 Å². The minimum Gasteiger partial charge on any atom is -0.342 e. The van der Waals surface area contributed by atoms with Gasteiger partial charge in [0, 0.05) is 25.0 Å². The number of hydrogen-bond acceptors (Lipinski definition) is 2. The Morgan fingerprint density at radius 1 is 1.20 bits per heavy atom. The maximum atomic E-state index is 12.7. The largest absolute Gasteiger partial charge is 0.342 e. The van der Waals surface area contributed by atoms with Gasteiger partial charge in [0.25, 0.3) is 0 Å². The van der Waals surface area contributed by atoms with Gasteiger partial charge in [-0.1, -0.05) is 33.6 Å². The van der Waals surface area contributed by atoms with E-state index < -0.39 is 0 Å². The van der Waals surface area contributed by atoms with Crippen LogP contribution in [0.25, 0.3) is 0 Å². The lowest BCUT2D eigenvalue weighted by molar-refractivity contribution is -0.139. The van der Waals surface area contributed by atoms with Crippen LogP contribution in [-0.2, 0) is 4.79 Å². The van der Waals surface area contributed by atoms with Gasteiger partial charge in [-0.25, -0.2) is 0 Å². The molecule has 3 atom stereocenters. The van der Waals surface area contributed by atoms with Crippen molar-refractivity contribution in [3.63, 3.8) is 0 Å². The Labute approximate surface area is 124 Å². The Morgan fingerprint density at radius 2 is 1.80 bits per heavy atom. The molecular weight excluding hydrogens is 248 g/mol. The van der Waals surface area contributed by atoms with Crippen molar-refractivity contribution in [3.05, 3.63) is 0 Å². The van der Waals surface area contributed by atoms with E-state index in [9.17, 15) is 4.79 Å². The highest BCUT2D eigenvalue weighted by Crippen LogP contribution is 2.39. The molecule has 0 bridgehead atoms. The number of amides is 1. The SMILES string of the molecule is CCC1(CC)CCN(C(=O)C2CCC(N)C(C)C2)CC1. The van der Waals surface area contributed by atoms with Gasteiger partial charge < -0.3 is 10.6 Å². The molecular formula is C17H32N2O. The smallest absolute Gasteiger partial charge is 0.225 e. The van der Waals surface area contributed by atoms with Gasteiger partial charge in [0.05, 0.1) is 0 Å². The van der Waals surface area contributed by atoms with E-state index >= 15 is 0 Å². The van der Waals surface area contributed by atoms with Gasteiger partial charge in [-0.05, 0) is 43.4 Å². The molecule has 1 saturated heterocycles. The number of carbonyl (C=O) groups excluding carboxylic acids is 1. The Kier molecular flexibility index (Phi) is 5.11. The van der Waals surface area contributed by atoms with Crippen molar-refractivity contribution in [1.29, 1.82) is 0 Å². The fraction of sp³-hybridized carbons (Fsp3) is 0.941. The lowest BCUT2D eigenvalue weighted by atomic mass is 9.73. The molecule has 1 aliphatic carbocycles. The zero-order valence-electron chi connectivity index (χ0n) is 13.5. The first-order valence-corrected chi connectivity index (χ1v) is 8.55. The summed E-state index contributed by atoms with van der Waals surface area (Å²) in [5.74, 6) is 1.14. The molecule has 0 aromatic carbocycles. The molecule has 2 fully saturated rings. The van der Waals surface area contributed by atoms with Gasteiger partial charge in [-0.3, -0.25) is 4.79 Å². The zero-order valence-corrected chi connectivity index (χ0v) is 13.5. The highest BCUT2D eigenvalue weighted by Gasteiger charge is 2.36. The van der Waals surface area contributed by atoms with Crippen LogP contribution < -0.4 is 5.73 Å². The van der Waals surface area contributed by atoms with E-state index in [0.29, 0.717) is 23.3 Å². The van der Waals surface area contributed by atoms with E-state index in [1.807, 2.05) is 0 Å². The van der Waals surface area contributed by atoms with E-state index in [1.165, 1.54) is 25.7 Å². The van der Waals surface area contributed by atoms with Crippen LogP contribution in [0.4, 0.5) is 0 Å². The van der Waals surface area contributed by atoms with Crippen molar-refractivity contribution < 1.29 is 4.79 Å². The molecule has 1 heterocycles. The molecule has 1 aliphatic heterocycles. The molecule has 0 spiro atoms. The van der Waals surface area contributed by atoms with Crippen LogP contribution >= 0.6 is 0 Å². The molecule has 0 radical (unpaired) electrons. The molecule has 116 valence electrons. The molecule has 0 aromatic heterocycles. The summed E-state index contributed by atoms with van der Waals surface area (Å²) in [5.41, 5.74) is 6.56. The Balaban J connectivity index is 1.89. The third-order valence-electron chi connectivity index (χ3n) is 6.22. The number of hydrogen-bond donors (Lipinski definition) is 1. The number of carbonyl (C=O) groups is 1. The van der Waals surface area contributed by atoms with Crippen molar-refractivity contribution in [2.45, 2.75) is 71.8 Å². The van der Waals surface area contributed by atoms with Crippen LogP contribution in [0.15, 0.2) is 0 Å². The summed E-state index contributed by atoms with van der Waals surface area (Å²) in [4.78, 5) is 14.8. The van der Waals surface area contributed by atoms with Gasteiger partial charge in [-0.2, -0.15) is 0 Å². The average molecular weight is 280 g/mol. The third kappa shape index (κ3) is 3.19. The molecule has 2 rings (SSSR count). The molecule has 3 heteroatoms. The number of nitrogens with zero attached hydrogens (tertiary/aromatic N) is 1. The maximum Gasteiger partial charge on any atom is 0.225 e. The minimum absolute atomic E-state index is 0.237. The van der Waals surface area contributed by atoms with E-state index in [4.69, 9.17) is 5.73 Å². The fourth-order valence-corrected chi connectivity index (χ4v) is 4.06. The number of piperidine rings is 1. The monoisotopic (exact) mass is 280 g/mol. The maximum absolute atomic E-state index is 12.7. The van der Waals surface area contributed by atoms with Gasteiger partial charge >= 0.3 is 0 Å². The molecule has 1 saturated carbocycles. The van der Waals surface area contributed by atoms with E-state index in [2.05, 4.69) is 25.7 Å². The Bertz CT molecular complexity index is 328. The van der Waals surface area contributed by atoms with Crippen LogP contribution in [0.1, 0.15) is 65.7 Å². The van der Waals surface area contributed by atoms with Gasteiger partial charge in [0.2, 0.25) is 5.91 Å². The van der Waals surface area contributed by atoms with Gasteiger partial charge in [-0.15, -0.1) is 0 Å². The minimum atomic E-state index is 0.237. The average Bonchev–Trinajstić information content (AvgIpc) is 2.49. The Hall–Kier alpha value is -0.570. The summed E-state index contributed by atoms with van der Waals surface area (Å²) in [5, 5.41) is 0. The highest BCUT2D eigenvalue weighted by molar-refractivity contribution is 5.79. The number of nitrogens with two attached hydrogens (primary N) is 1. The number of rotatable bonds is 3. The first-order chi connectivity index (χ1) is 9.51. The summed E-state index contributed by atoms with van der Waals surface area (Å²) in [6.45, 7) is 8.73. The van der Waals surface area contributed by atoms with Gasteiger partial charge in [0.1, 0.15) is 0 Å². The molecule has 1 amide bonds. The van der Waals surface area contributed by atoms with Crippen molar-refractivity contribution in [2.24, 2.45) is 23.0 Å². The second kappa shape index (κ2) is 6.46. The summed E-state index contributed by atoms with van der Waals surface area (Å²) in [6.07, 6.45) is 7.87.